The highest BCUT2D eigenvalue weighted by molar-refractivity contribution is 5.88. The molecule has 130 valence electrons. The normalized spacial score (nSPS) is 11.7. The van der Waals surface area contributed by atoms with Gasteiger partial charge in [-0.2, -0.15) is 0 Å². The monoisotopic (exact) mass is 355 g/mol. The lowest BCUT2D eigenvalue weighted by atomic mass is 10.2. The number of nitrogens with zero attached hydrogens (tertiary/aromatic N) is 5. The Hall–Kier alpha value is -4.00. The van der Waals surface area contributed by atoms with Crippen molar-refractivity contribution in [2.75, 3.05) is 0 Å². The van der Waals surface area contributed by atoms with Gasteiger partial charge in [0.05, 0.1) is 11.8 Å². The third-order valence-corrected chi connectivity index (χ3v) is 4.22. The van der Waals surface area contributed by atoms with Gasteiger partial charge in [-0.05, 0) is 36.4 Å². The summed E-state index contributed by atoms with van der Waals surface area (Å²) in [5.74, 6) is 1.06. The molecule has 0 bridgehead atoms. The van der Waals surface area contributed by atoms with Crippen LogP contribution in [0.2, 0.25) is 0 Å². The molecule has 0 saturated carbocycles. The van der Waals surface area contributed by atoms with Crippen LogP contribution in [0.4, 0.5) is 11.5 Å². The van der Waals surface area contributed by atoms with Crippen LogP contribution in [-0.2, 0) is 0 Å². The predicted molar refractivity (Wildman–Crippen MR) is 100 cm³/mol. The molecule has 5 aromatic rings. The molecular weight excluding hydrogens is 342 g/mol. The van der Waals surface area contributed by atoms with Crippen LogP contribution < -0.4 is 0 Å². The number of pyridine rings is 2. The molecule has 0 aliphatic heterocycles. The van der Waals surface area contributed by atoms with Crippen LogP contribution in [-0.4, -0.2) is 19.5 Å². The largest absolute Gasteiger partial charge is 0.504 e. The van der Waals surface area contributed by atoms with Gasteiger partial charge in [0.2, 0.25) is 0 Å². The van der Waals surface area contributed by atoms with E-state index in [1.165, 1.54) is 0 Å². The fraction of sp³-hybridized carbons (Fsp3) is 0. The molecule has 0 spiro atoms. The first-order valence-corrected chi connectivity index (χ1v) is 8.31. The minimum atomic E-state index is 0.0542. The Labute approximate surface area is 153 Å². The minimum Gasteiger partial charge on any atom is -0.504 e. The number of aromatic nitrogens is 3. The fourth-order valence-corrected chi connectivity index (χ4v) is 2.99. The third-order valence-electron chi connectivity index (χ3n) is 4.22. The maximum atomic E-state index is 10.1. The van der Waals surface area contributed by atoms with Crippen LogP contribution >= 0.6 is 0 Å². The Morgan fingerprint density at radius 3 is 2.78 bits per heavy atom. The topological polar surface area (TPSA) is 88.3 Å². The molecule has 5 rings (SSSR count). The number of azo groups is 1. The minimum absolute atomic E-state index is 0.0542. The zero-order valence-electron chi connectivity index (χ0n) is 14.0. The Morgan fingerprint density at radius 1 is 0.963 bits per heavy atom. The van der Waals surface area contributed by atoms with E-state index in [1.54, 1.807) is 47.3 Å². The van der Waals surface area contributed by atoms with E-state index in [0.29, 0.717) is 28.6 Å². The first-order chi connectivity index (χ1) is 13.3. The maximum Gasteiger partial charge on any atom is 0.190 e. The number of aromatic hydroxyl groups is 1. The Balaban J connectivity index is 1.71. The third kappa shape index (κ3) is 2.53. The van der Waals surface area contributed by atoms with Crippen molar-refractivity contribution in [1.29, 1.82) is 0 Å². The summed E-state index contributed by atoms with van der Waals surface area (Å²) in [5, 5.41) is 20.0. The van der Waals surface area contributed by atoms with Crippen LogP contribution in [0, 0.1) is 0 Å². The Bertz CT molecular complexity index is 1280. The molecular formula is C20H13N5O2. The van der Waals surface area contributed by atoms with Gasteiger partial charge < -0.3 is 9.52 Å². The predicted octanol–water partition coefficient (Wildman–Crippen LogP) is 5.26. The van der Waals surface area contributed by atoms with E-state index in [4.69, 9.17) is 4.42 Å². The molecule has 0 fully saturated rings. The van der Waals surface area contributed by atoms with Gasteiger partial charge in [-0.1, -0.05) is 18.2 Å². The van der Waals surface area contributed by atoms with E-state index in [9.17, 15) is 5.11 Å². The van der Waals surface area contributed by atoms with E-state index < -0.39 is 0 Å². The standard InChI is InChI=1S/C20H13N5O2/c26-15-8-3-11-25-19(15)22-18(16-9-4-12-27-16)20(25)24-23-14-7-1-5-13-6-2-10-21-17(13)14/h1-12,26H. The smallest absolute Gasteiger partial charge is 0.190 e. The number of fused-ring (bicyclic) bond motifs is 2. The van der Waals surface area contributed by atoms with Crippen molar-refractivity contribution in [3.05, 3.63) is 73.3 Å². The zero-order chi connectivity index (χ0) is 18.2. The van der Waals surface area contributed by atoms with Crippen LogP contribution in [0.25, 0.3) is 28.0 Å². The van der Waals surface area contributed by atoms with Gasteiger partial charge in [0.1, 0.15) is 5.69 Å². The molecule has 27 heavy (non-hydrogen) atoms. The number of hydrogen-bond acceptors (Lipinski definition) is 6. The summed E-state index contributed by atoms with van der Waals surface area (Å²) in [6, 6.07) is 16.4. The van der Waals surface area contributed by atoms with Crippen molar-refractivity contribution < 1.29 is 9.52 Å². The van der Waals surface area contributed by atoms with Gasteiger partial charge in [-0.25, -0.2) is 4.98 Å². The molecule has 0 saturated heterocycles. The second kappa shape index (κ2) is 6.06. The molecule has 0 unspecified atom stereocenters. The van der Waals surface area contributed by atoms with E-state index in [-0.39, 0.29) is 5.75 Å². The number of benzene rings is 1. The molecule has 0 atom stereocenters. The van der Waals surface area contributed by atoms with E-state index in [2.05, 4.69) is 20.2 Å². The summed E-state index contributed by atoms with van der Waals surface area (Å²) in [4.78, 5) is 8.87. The average molecular weight is 355 g/mol. The lowest BCUT2D eigenvalue weighted by Crippen LogP contribution is -1.83. The Morgan fingerprint density at radius 2 is 1.89 bits per heavy atom. The van der Waals surface area contributed by atoms with Crippen molar-refractivity contribution in [3.8, 4) is 17.2 Å². The number of rotatable bonds is 3. The number of hydrogen-bond donors (Lipinski definition) is 1. The van der Waals surface area contributed by atoms with E-state index >= 15 is 0 Å². The van der Waals surface area contributed by atoms with Crippen molar-refractivity contribution in [1.82, 2.24) is 14.4 Å². The lowest BCUT2D eigenvalue weighted by Gasteiger charge is -2.00. The lowest BCUT2D eigenvalue weighted by molar-refractivity contribution is 0.477. The van der Waals surface area contributed by atoms with Crippen LogP contribution in [0.5, 0.6) is 5.75 Å². The van der Waals surface area contributed by atoms with Crippen molar-refractivity contribution in [3.63, 3.8) is 0 Å². The Kier molecular flexibility index (Phi) is 3.43. The number of furan rings is 1. The first-order valence-electron chi connectivity index (χ1n) is 8.31. The van der Waals surface area contributed by atoms with E-state index in [1.807, 2.05) is 30.3 Å². The molecule has 7 nitrogen and oxygen atoms in total. The van der Waals surface area contributed by atoms with Crippen LogP contribution in [0.15, 0.2) is 87.9 Å². The number of para-hydroxylation sites is 1. The van der Waals surface area contributed by atoms with Gasteiger partial charge in [-0.3, -0.25) is 9.38 Å². The zero-order valence-corrected chi connectivity index (χ0v) is 14.0. The average Bonchev–Trinajstić information content (AvgIpc) is 3.35. The van der Waals surface area contributed by atoms with Gasteiger partial charge in [-0.15, -0.1) is 10.2 Å². The molecule has 0 aliphatic carbocycles. The van der Waals surface area contributed by atoms with Gasteiger partial charge in [0, 0.05) is 17.8 Å². The van der Waals surface area contributed by atoms with Crippen LogP contribution in [0.1, 0.15) is 0 Å². The maximum absolute atomic E-state index is 10.1. The second-order valence-corrected chi connectivity index (χ2v) is 5.90. The molecule has 4 aromatic heterocycles. The summed E-state index contributed by atoms with van der Waals surface area (Å²) in [5.41, 5.74) is 2.29. The van der Waals surface area contributed by atoms with Gasteiger partial charge in [0.25, 0.3) is 0 Å². The van der Waals surface area contributed by atoms with Gasteiger partial charge >= 0.3 is 0 Å². The number of imidazole rings is 1. The molecule has 1 N–H and O–H groups in total. The van der Waals surface area contributed by atoms with Crippen molar-refractivity contribution in [2.24, 2.45) is 10.2 Å². The molecule has 1 aromatic carbocycles. The quantitative estimate of drug-likeness (QED) is 0.447. The molecule has 0 radical (unpaired) electrons. The van der Waals surface area contributed by atoms with E-state index in [0.717, 1.165) is 10.9 Å². The SMILES string of the molecule is Oc1cccn2c(N=Nc3cccc4cccnc34)c(-c3ccco3)nc12. The first kappa shape index (κ1) is 15.3. The summed E-state index contributed by atoms with van der Waals surface area (Å²) < 4.78 is 7.16. The summed E-state index contributed by atoms with van der Waals surface area (Å²) in [6.07, 6.45) is 5.06. The summed E-state index contributed by atoms with van der Waals surface area (Å²) >= 11 is 0. The summed E-state index contributed by atoms with van der Waals surface area (Å²) in [7, 11) is 0. The van der Waals surface area contributed by atoms with Crippen LogP contribution in [0.3, 0.4) is 0 Å². The highest BCUT2D eigenvalue weighted by Crippen LogP contribution is 2.35. The molecule has 4 heterocycles. The summed E-state index contributed by atoms with van der Waals surface area (Å²) in [6.45, 7) is 0. The highest BCUT2D eigenvalue weighted by atomic mass is 16.3. The molecule has 0 aliphatic rings. The second-order valence-electron chi connectivity index (χ2n) is 5.90. The molecule has 7 heteroatoms. The van der Waals surface area contributed by atoms with Crippen molar-refractivity contribution in [2.45, 2.75) is 0 Å². The van der Waals surface area contributed by atoms with Crippen molar-refractivity contribution >= 4 is 28.1 Å². The molecule has 0 amide bonds. The van der Waals surface area contributed by atoms with Gasteiger partial charge in [0.15, 0.2) is 28.7 Å². The fourth-order valence-electron chi connectivity index (χ4n) is 2.99. The highest BCUT2D eigenvalue weighted by Gasteiger charge is 2.18.